The van der Waals surface area contributed by atoms with Gasteiger partial charge in [0.1, 0.15) is 12.4 Å². The molecule has 0 saturated heterocycles. The highest BCUT2D eigenvalue weighted by atomic mass is 16.6. The SMILES string of the molecule is O=C1C=C(O)CN(C(=O)OCc2ccccc2)C1. The first-order valence-electron chi connectivity index (χ1n) is 5.53. The van der Waals surface area contributed by atoms with Crippen LogP contribution < -0.4 is 0 Å². The lowest BCUT2D eigenvalue weighted by molar-refractivity contribution is -0.116. The Hall–Kier alpha value is -2.30. The summed E-state index contributed by atoms with van der Waals surface area (Å²) in [5.74, 6) is -0.432. The molecule has 0 fully saturated rings. The highest BCUT2D eigenvalue weighted by Gasteiger charge is 2.23. The van der Waals surface area contributed by atoms with Crippen LogP contribution in [-0.4, -0.2) is 35.0 Å². The number of aliphatic hydroxyl groups excluding tert-OH is 1. The van der Waals surface area contributed by atoms with Crippen molar-refractivity contribution in [2.45, 2.75) is 6.61 Å². The molecule has 94 valence electrons. The molecule has 0 atom stereocenters. The van der Waals surface area contributed by atoms with E-state index in [9.17, 15) is 14.7 Å². The molecule has 0 spiro atoms. The van der Waals surface area contributed by atoms with E-state index in [0.717, 1.165) is 11.6 Å². The minimum absolute atomic E-state index is 0.0133. The van der Waals surface area contributed by atoms with Gasteiger partial charge in [0.25, 0.3) is 0 Å². The van der Waals surface area contributed by atoms with E-state index in [1.807, 2.05) is 30.3 Å². The lowest BCUT2D eigenvalue weighted by Gasteiger charge is -2.23. The fraction of sp³-hybridized carbons (Fsp3) is 0.231. The fourth-order valence-electron chi connectivity index (χ4n) is 1.66. The predicted molar refractivity (Wildman–Crippen MR) is 63.9 cm³/mol. The second-order valence-corrected chi connectivity index (χ2v) is 4.00. The van der Waals surface area contributed by atoms with E-state index in [1.54, 1.807) is 0 Å². The fourth-order valence-corrected chi connectivity index (χ4v) is 1.66. The first kappa shape index (κ1) is 12.2. The summed E-state index contributed by atoms with van der Waals surface area (Å²) >= 11 is 0. The molecule has 18 heavy (non-hydrogen) atoms. The molecule has 1 aliphatic heterocycles. The van der Waals surface area contributed by atoms with E-state index in [4.69, 9.17) is 4.74 Å². The molecule has 1 aliphatic rings. The Morgan fingerprint density at radius 1 is 1.28 bits per heavy atom. The molecule has 1 N–H and O–H groups in total. The van der Waals surface area contributed by atoms with Crippen molar-refractivity contribution in [1.82, 2.24) is 4.90 Å². The zero-order valence-electron chi connectivity index (χ0n) is 9.70. The van der Waals surface area contributed by atoms with Gasteiger partial charge in [0.05, 0.1) is 13.1 Å². The molecule has 0 radical (unpaired) electrons. The molecule has 0 saturated carbocycles. The summed E-state index contributed by atoms with van der Waals surface area (Å²) in [4.78, 5) is 24.0. The number of rotatable bonds is 2. The van der Waals surface area contributed by atoms with E-state index in [-0.39, 0.29) is 31.2 Å². The van der Waals surface area contributed by atoms with E-state index in [2.05, 4.69) is 0 Å². The van der Waals surface area contributed by atoms with Crippen LogP contribution in [0.1, 0.15) is 5.56 Å². The minimum Gasteiger partial charge on any atom is -0.510 e. The molecule has 0 bridgehead atoms. The van der Waals surface area contributed by atoms with Crippen LogP contribution in [0.4, 0.5) is 4.79 Å². The topological polar surface area (TPSA) is 66.8 Å². The zero-order chi connectivity index (χ0) is 13.0. The normalized spacial score (nSPS) is 15.2. The summed E-state index contributed by atoms with van der Waals surface area (Å²) in [6, 6.07) is 9.25. The van der Waals surface area contributed by atoms with Gasteiger partial charge in [-0.2, -0.15) is 0 Å². The van der Waals surface area contributed by atoms with Gasteiger partial charge >= 0.3 is 6.09 Å². The molecule has 1 aromatic carbocycles. The van der Waals surface area contributed by atoms with Crippen LogP contribution in [-0.2, 0) is 16.1 Å². The van der Waals surface area contributed by atoms with E-state index < -0.39 is 6.09 Å². The molecule has 1 aromatic rings. The highest BCUT2D eigenvalue weighted by Crippen LogP contribution is 2.08. The third kappa shape index (κ3) is 3.10. The lowest BCUT2D eigenvalue weighted by atomic mass is 10.2. The standard InChI is InChI=1S/C13H13NO4/c15-11-6-12(16)8-14(7-11)13(17)18-9-10-4-2-1-3-5-10/h1-6,15H,7-9H2. The number of carbonyl (C=O) groups is 2. The molecule has 5 nitrogen and oxygen atoms in total. The number of carbonyl (C=O) groups excluding carboxylic acids is 2. The molecule has 1 heterocycles. The van der Waals surface area contributed by atoms with Gasteiger partial charge in [0.15, 0.2) is 5.78 Å². The van der Waals surface area contributed by atoms with E-state index in [1.165, 1.54) is 4.90 Å². The second kappa shape index (κ2) is 5.35. The first-order chi connectivity index (χ1) is 8.65. The lowest BCUT2D eigenvalue weighted by Crippen LogP contribution is -2.40. The number of benzene rings is 1. The third-order valence-electron chi connectivity index (χ3n) is 2.49. The number of ether oxygens (including phenoxy) is 1. The van der Waals surface area contributed by atoms with Crippen molar-refractivity contribution in [3.63, 3.8) is 0 Å². The van der Waals surface area contributed by atoms with Gasteiger partial charge in [-0.05, 0) is 5.56 Å². The van der Waals surface area contributed by atoms with Crippen LogP contribution in [0.3, 0.4) is 0 Å². The summed E-state index contributed by atoms with van der Waals surface area (Å²) in [6.07, 6.45) is 0.521. The van der Waals surface area contributed by atoms with Crippen molar-refractivity contribution in [1.29, 1.82) is 0 Å². The van der Waals surface area contributed by atoms with E-state index in [0.29, 0.717) is 0 Å². The summed E-state index contributed by atoms with van der Waals surface area (Å²) in [5, 5.41) is 9.27. The molecule has 2 rings (SSSR count). The quantitative estimate of drug-likeness (QED) is 0.862. The molecule has 1 amide bonds. The largest absolute Gasteiger partial charge is 0.510 e. The van der Waals surface area contributed by atoms with Crippen molar-refractivity contribution in [3.8, 4) is 0 Å². The average Bonchev–Trinajstić information content (AvgIpc) is 2.36. The van der Waals surface area contributed by atoms with Crippen LogP contribution in [0.25, 0.3) is 0 Å². The molecule has 5 heteroatoms. The molecule has 0 unspecified atom stereocenters. The number of nitrogens with zero attached hydrogens (tertiary/aromatic N) is 1. The number of ketones is 1. The summed E-state index contributed by atoms with van der Waals surface area (Å²) < 4.78 is 5.06. The monoisotopic (exact) mass is 247 g/mol. The van der Waals surface area contributed by atoms with Gasteiger partial charge in [-0.1, -0.05) is 30.3 Å². The smallest absolute Gasteiger partial charge is 0.410 e. The maximum Gasteiger partial charge on any atom is 0.410 e. The molecule has 0 aliphatic carbocycles. The number of hydrogen-bond donors (Lipinski definition) is 1. The molecule has 0 aromatic heterocycles. The Morgan fingerprint density at radius 3 is 2.67 bits per heavy atom. The van der Waals surface area contributed by atoms with Crippen LogP contribution in [0.2, 0.25) is 0 Å². The Morgan fingerprint density at radius 2 is 2.00 bits per heavy atom. The van der Waals surface area contributed by atoms with Crippen molar-refractivity contribution in [3.05, 3.63) is 47.7 Å². The highest BCUT2D eigenvalue weighted by molar-refractivity contribution is 5.94. The van der Waals surface area contributed by atoms with Crippen molar-refractivity contribution < 1.29 is 19.4 Å². The Kier molecular flexibility index (Phi) is 3.62. The van der Waals surface area contributed by atoms with Gasteiger partial charge in [0, 0.05) is 6.08 Å². The van der Waals surface area contributed by atoms with Crippen molar-refractivity contribution >= 4 is 11.9 Å². The number of aliphatic hydroxyl groups is 1. The number of amides is 1. The Labute approximate surface area is 104 Å². The van der Waals surface area contributed by atoms with Crippen molar-refractivity contribution in [2.75, 3.05) is 13.1 Å². The maximum atomic E-state index is 11.7. The van der Waals surface area contributed by atoms with Gasteiger partial charge in [-0.15, -0.1) is 0 Å². The Bertz CT molecular complexity index is 481. The first-order valence-corrected chi connectivity index (χ1v) is 5.53. The number of hydrogen-bond acceptors (Lipinski definition) is 4. The molecular formula is C13H13NO4. The zero-order valence-corrected chi connectivity index (χ0v) is 9.70. The summed E-state index contributed by atoms with van der Waals surface area (Å²) in [5.41, 5.74) is 0.869. The maximum absolute atomic E-state index is 11.7. The summed E-state index contributed by atoms with van der Waals surface area (Å²) in [7, 11) is 0. The Balaban J connectivity index is 1.89. The minimum atomic E-state index is -0.605. The van der Waals surface area contributed by atoms with Crippen LogP contribution in [0.5, 0.6) is 0 Å². The average molecular weight is 247 g/mol. The van der Waals surface area contributed by atoms with Crippen molar-refractivity contribution in [2.24, 2.45) is 0 Å². The van der Waals surface area contributed by atoms with Crippen LogP contribution >= 0.6 is 0 Å². The van der Waals surface area contributed by atoms with E-state index >= 15 is 0 Å². The van der Waals surface area contributed by atoms with Gasteiger partial charge in [0.2, 0.25) is 0 Å². The van der Waals surface area contributed by atoms with Gasteiger partial charge in [-0.3, -0.25) is 9.69 Å². The van der Waals surface area contributed by atoms with Gasteiger partial charge in [-0.25, -0.2) is 4.79 Å². The van der Waals surface area contributed by atoms with Crippen LogP contribution in [0, 0.1) is 0 Å². The predicted octanol–water partition coefficient (Wildman–Crippen LogP) is 1.65. The third-order valence-corrected chi connectivity index (χ3v) is 2.49. The summed E-state index contributed by atoms with van der Waals surface area (Å²) in [6.45, 7) is 0.103. The van der Waals surface area contributed by atoms with Crippen LogP contribution in [0.15, 0.2) is 42.2 Å². The van der Waals surface area contributed by atoms with Gasteiger partial charge < -0.3 is 9.84 Å². The second-order valence-electron chi connectivity index (χ2n) is 4.00. The molecular weight excluding hydrogens is 234 g/mol.